The molecular formula is C38H49N7O6S. The van der Waals surface area contributed by atoms with Gasteiger partial charge in [-0.3, -0.25) is 19.6 Å². The molecule has 278 valence electrons. The number of nitrogens with one attached hydrogen (secondary N) is 2. The van der Waals surface area contributed by atoms with Crippen molar-refractivity contribution in [3.63, 3.8) is 0 Å². The Morgan fingerprint density at radius 3 is 2.85 bits per heavy atom. The van der Waals surface area contributed by atoms with Crippen molar-refractivity contribution in [1.29, 1.82) is 0 Å². The van der Waals surface area contributed by atoms with Gasteiger partial charge in [0.25, 0.3) is 5.91 Å². The van der Waals surface area contributed by atoms with Crippen LogP contribution < -0.4 is 10.7 Å². The van der Waals surface area contributed by atoms with Gasteiger partial charge in [-0.1, -0.05) is 19.9 Å². The summed E-state index contributed by atoms with van der Waals surface area (Å²) in [5, 5.41) is 17.4. The SMILES string of the molecule is CCn1c(-c2cccnc2[C@H](C)OC)c2c3cc(ccc31)-c1csc(n1)C[C@H](NC(=O)N(C)CCO)C(=O)N1CCC[C@H](N1)C(=O)OCC(C)(C)C2. The molecule has 13 nitrogen and oxygen atoms in total. The highest BCUT2D eigenvalue weighted by molar-refractivity contribution is 7.10. The van der Waals surface area contributed by atoms with Gasteiger partial charge < -0.3 is 29.4 Å². The number of hydrazine groups is 1. The fourth-order valence-corrected chi connectivity index (χ4v) is 7.93. The highest BCUT2D eigenvalue weighted by Crippen LogP contribution is 2.42. The number of hydrogen-bond acceptors (Lipinski definition) is 10. The van der Waals surface area contributed by atoms with E-state index in [1.807, 2.05) is 18.4 Å². The van der Waals surface area contributed by atoms with Crippen LogP contribution >= 0.6 is 11.3 Å². The van der Waals surface area contributed by atoms with Gasteiger partial charge in [-0.05, 0) is 62.9 Å². The van der Waals surface area contributed by atoms with Gasteiger partial charge in [-0.25, -0.2) is 15.2 Å². The Balaban J connectivity index is 1.49. The first-order valence-corrected chi connectivity index (χ1v) is 18.8. The predicted molar refractivity (Wildman–Crippen MR) is 199 cm³/mol. The lowest BCUT2D eigenvalue weighted by Crippen LogP contribution is -2.61. The molecule has 2 aliphatic rings. The molecule has 0 radical (unpaired) electrons. The third-order valence-electron chi connectivity index (χ3n) is 9.92. The molecular weight excluding hydrogens is 683 g/mol. The zero-order valence-electron chi connectivity index (χ0n) is 30.8. The quantitative estimate of drug-likeness (QED) is 0.230. The topological polar surface area (TPSA) is 151 Å². The Labute approximate surface area is 308 Å². The number of likely N-dealkylation sites (N-methyl/N-ethyl adjacent to an activating group) is 1. The van der Waals surface area contributed by atoms with Crippen LogP contribution in [0.3, 0.4) is 0 Å². The van der Waals surface area contributed by atoms with Gasteiger partial charge in [0.05, 0.1) is 41.4 Å². The van der Waals surface area contributed by atoms with Crippen LogP contribution in [0.4, 0.5) is 4.79 Å². The molecule has 1 aromatic carbocycles. The molecule has 1 saturated heterocycles. The normalized spacial score (nSPS) is 19.9. The number of ether oxygens (including phenoxy) is 2. The zero-order valence-corrected chi connectivity index (χ0v) is 31.6. The zero-order chi connectivity index (χ0) is 37.2. The lowest BCUT2D eigenvalue weighted by Gasteiger charge is -2.35. The summed E-state index contributed by atoms with van der Waals surface area (Å²) in [5.41, 5.74) is 9.41. The summed E-state index contributed by atoms with van der Waals surface area (Å²) in [6, 6.07) is 8.24. The van der Waals surface area contributed by atoms with Crippen molar-refractivity contribution in [2.24, 2.45) is 5.41 Å². The molecule has 4 aromatic rings. The number of hydrogen-bond donors (Lipinski definition) is 3. The molecule has 52 heavy (non-hydrogen) atoms. The molecule has 0 spiro atoms. The van der Waals surface area contributed by atoms with E-state index >= 15 is 0 Å². The molecule has 14 heteroatoms. The maximum absolute atomic E-state index is 14.0. The number of nitrogens with zero attached hydrogens (tertiary/aromatic N) is 5. The summed E-state index contributed by atoms with van der Waals surface area (Å²) in [4.78, 5) is 51.7. The number of aliphatic hydroxyl groups is 1. The Hall–Kier alpha value is -4.37. The van der Waals surface area contributed by atoms with Gasteiger partial charge >= 0.3 is 12.0 Å². The van der Waals surface area contributed by atoms with Gasteiger partial charge in [-0.15, -0.1) is 11.3 Å². The minimum Gasteiger partial charge on any atom is -0.464 e. The van der Waals surface area contributed by atoms with Crippen molar-refractivity contribution in [3.8, 4) is 22.5 Å². The van der Waals surface area contributed by atoms with Gasteiger partial charge in [-0.2, -0.15) is 0 Å². The highest BCUT2D eigenvalue weighted by atomic mass is 32.1. The van der Waals surface area contributed by atoms with Crippen molar-refractivity contribution in [2.75, 3.05) is 40.5 Å². The van der Waals surface area contributed by atoms with Crippen LogP contribution in [0.1, 0.15) is 62.9 Å². The molecule has 3 amide bonds. The summed E-state index contributed by atoms with van der Waals surface area (Å²) < 4.78 is 14.1. The van der Waals surface area contributed by atoms with Gasteiger partial charge in [0.1, 0.15) is 12.1 Å². The number of fused-ring (bicyclic) bond motifs is 6. The molecule has 3 atom stereocenters. The summed E-state index contributed by atoms with van der Waals surface area (Å²) in [5.74, 6) is -0.806. The maximum Gasteiger partial charge on any atom is 0.324 e. The van der Waals surface area contributed by atoms with Crippen molar-refractivity contribution >= 4 is 40.1 Å². The third kappa shape index (κ3) is 7.70. The molecule has 3 aromatic heterocycles. The minimum absolute atomic E-state index is 0.111. The van der Waals surface area contributed by atoms with E-state index in [-0.39, 0.29) is 38.2 Å². The monoisotopic (exact) mass is 731 g/mol. The number of aryl methyl sites for hydroxylation is 1. The Morgan fingerprint density at radius 1 is 1.29 bits per heavy atom. The molecule has 6 rings (SSSR count). The second-order valence-corrected chi connectivity index (χ2v) is 15.3. The minimum atomic E-state index is -0.967. The van der Waals surface area contributed by atoms with E-state index in [4.69, 9.17) is 19.4 Å². The number of aliphatic hydroxyl groups excluding tert-OH is 1. The summed E-state index contributed by atoms with van der Waals surface area (Å²) >= 11 is 1.43. The molecule has 1 fully saturated rings. The fourth-order valence-electron chi connectivity index (χ4n) is 7.07. The van der Waals surface area contributed by atoms with Gasteiger partial charge in [0, 0.05) is 79.2 Å². The maximum atomic E-state index is 14.0. The molecule has 0 saturated carbocycles. The van der Waals surface area contributed by atoms with Crippen LogP contribution in [-0.2, 0) is 38.4 Å². The van der Waals surface area contributed by atoms with Crippen LogP contribution in [0.2, 0.25) is 0 Å². The van der Waals surface area contributed by atoms with Crippen molar-refractivity contribution in [2.45, 2.75) is 78.1 Å². The fraction of sp³-hybridized carbons (Fsp3) is 0.500. The number of esters is 1. The second-order valence-electron chi connectivity index (χ2n) is 14.4. The predicted octanol–water partition coefficient (Wildman–Crippen LogP) is 4.72. The number of methoxy groups -OCH3 is 1. The summed E-state index contributed by atoms with van der Waals surface area (Å²) in [6.45, 7) is 9.48. The van der Waals surface area contributed by atoms with Gasteiger partial charge in [0.15, 0.2) is 0 Å². The first kappa shape index (κ1) is 37.4. The van der Waals surface area contributed by atoms with Crippen LogP contribution in [0, 0.1) is 5.41 Å². The van der Waals surface area contributed by atoms with Crippen molar-refractivity contribution in [3.05, 3.63) is 58.2 Å². The molecule has 0 unspecified atom stereocenters. The van der Waals surface area contributed by atoms with E-state index < -0.39 is 29.5 Å². The Kier molecular flexibility index (Phi) is 11.3. The number of benzene rings is 1. The van der Waals surface area contributed by atoms with Crippen LogP contribution in [0.5, 0.6) is 0 Å². The Bertz CT molecular complexity index is 1940. The molecule has 6 bridgehead atoms. The summed E-state index contributed by atoms with van der Waals surface area (Å²) in [6.07, 6.45) is 3.41. The van der Waals surface area contributed by atoms with Crippen LogP contribution in [0.15, 0.2) is 41.9 Å². The van der Waals surface area contributed by atoms with E-state index in [0.717, 1.165) is 51.2 Å². The molecule has 5 heterocycles. The number of rotatable bonds is 7. The second kappa shape index (κ2) is 15.7. The first-order valence-electron chi connectivity index (χ1n) is 17.9. The van der Waals surface area contributed by atoms with E-state index in [2.05, 4.69) is 60.3 Å². The van der Waals surface area contributed by atoms with Crippen LogP contribution in [0.25, 0.3) is 33.4 Å². The number of amides is 3. The average Bonchev–Trinajstić information content (AvgIpc) is 3.74. The van der Waals surface area contributed by atoms with E-state index in [0.29, 0.717) is 30.8 Å². The number of aromatic nitrogens is 3. The summed E-state index contributed by atoms with van der Waals surface area (Å²) in [7, 11) is 3.24. The molecule has 3 N–H and O–H groups in total. The van der Waals surface area contributed by atoms with E-state index in [1.165, 1.54) is 21.2 Å². The van der Waals surface area contributed by atoms with Gasteiger partial charge in [0.2, 0.25) is 0 Å². The smallest absolute Gasteiger partial charge is 0.324 e. The standard InChI is InChI=1S/C38H49N7O6S/c1-7-44-31-13-12-24-18-26(31)27(34(44)25-10-8-14-39-33(25)23(2)50-6)20-38(3,4)22-51-36(48)28-11-9-15-45(42-28)35(47)29(19-32-40-30(24)21-52-32)41-37(49)43(5)16-17-46/h8,10,12-14,18,21,23,28-29,42,46H,7,9,11,15-17,19-20,22H2,1-6H3,(H,41,49)/t23-,28-,29-/m0/s1. The average molecular weight is 732 g/mol. The molecule has 2 aliphatic heterocycles. The number of carbonyl (C=O) groups excluding carboxylic acids is 3. The first-order chi connectivity index (χ1) is 24.9. The number of pyridine rings is 1. The van der Waals surface area contributed by atoms with Crippen molar-refractivity contribution < 1.29 is 29.0 Å². The lowest BCUT2D eigenvalue weighted by atomic mass is 9.84. The van der Waals surface area contributed by atoms with E-state index in [9.17, 15) is 19.5 Å². The number of urea groups is 1. The number of thiazole rings is 1. The van der Waals surface area contributed by atoms with Crippen molar-refractivity contribution in [1.82, 2.24) is 35.2 Å². The molecule has 0 aliphatic carbocycles. The Morgan fingerprint density at radius 2 is 2.10 bits per heavy atom. The van der Waals surface area contributed by atoms with E-state index in [1.54, 1.807) is 20.4 Å². The number of cyclic esters (lactones) is 1. The van der Waals surface area contributed by atoms with Crippen LogP contribution in [-0.4, -0.2) is 100 Å². The largest absolute Gasteiger partial charge is 0.464 e. The highest BCUT2D eigenvalue weighted by Gasteiger charge is 2.36. The lowest BCUT2D eigenvalue weighted by molar-refractivity contribution is -0.155. The third-order valence-corrected chi connectivity index (χ3v) is 10.8. The number of carbonyl (C=O) groups is 3.